The molecule has 2 aromatic heterocycles. The van der Waals surface area contributed by atoms with Crippen molar-refractivity contribution in [1.82, 2.24) is 14.8 Å². The topological polar surface area (TPSA) is 89.4 Å². The number of nitrogens with zero attached hydrogens (tertiary/aromatic N) is 2. The maximum absolute atomic E-state index is 16.2. The van der Waals surface area contributed by atoms with Gasteiger partial charge in [0.1, 0.15) is 5.52 Å². The second-order valence-corrected chi connectivity index (χ2v) is 10.2. The number of halogens is 2. The van der Waals surface area contributed by atoms with Crippen LogP contribution in [0.15, 0.2) is 30.5 Å². The van der Waals surface area contributed by atoms with Crippen molar-refractivity contribution in [3.63, 3.8) is 0 Å². The van der Waals surface area contributed by atoms with Gasteiger partial charge in [0, 0.05) is 47.4 Å². The summed E-state index contributed by atoms with van der Waals surface area (Å²) in [7, 11) is 1.41. The number of hydrogen-bond donors (Lipinski definition) is 2. The lowest BCUT2D eigenvalue weighted by atomic mass is 9.60. The van der Waals surface area contributed by atoms with E-state index in [4.69, 9.17) is 9.47 Å². The molecule has 188 valence electrons. The Morgan fingerprint density at radius 2 is 1.97 bits per heavy atom. The Morgan fingerprint density at radius 1 is 1.22 bits per heavy atom. The first kappa shape index (κ1) is 23.0. The fourth-order valence-electron chi connectivity index (χ4n) is 6.11. The Bertz CT molecular complexity index is 1500. The molecule has 3 heterocycles. The summed E-state index contributed by atoms with van der Waals surface area (Å²) < 4.78 is 43.5. The minimum absolute atomic E-state index is 0.0738. The molecule has 0 radical (unpaired) electrons. The molecule has 2 aromatic carbocycles. The van der Waals surface area contributed by atoms with Gasteiger partial charge in [0.05, 0.1) is 24.2 Å². The van der Waals surface area contributed by atoms with Crippen LogP contribution < -0.4 is 4.74 Å². The number of aliphatic carboxylic acids is 1. The van der Waals surface area contributed by atoms with Crippen LogP contribution in [-0.4, -0.2) is 46.2 Å². The van der Waals surface area contributed by atoms with E-state index in [0.717, 1.165) is 24.1 Å². The van der Waals surface area contributed by atoms with Crippen LogP contribution in [0.4, 0.5) is 8.78 Å². The lowest BCUT2D eigenvalue weighted by molar-refractivity contribution is -0.154. The standard InChI is InChI=1S/C27H27F2N3O4/c1-27(26(33)34)11-16(12-27)21-22-19(9-15-13-30-31-24(15)23(22)29)32(25(21)14-5-7-36-8-6-14)17-3-4-18(28)20(10-17)35-2/h3-4,9-10,13-14,16H,5-8,11-12H2,1-2H3,(H,30,31)(H,33,34)/t16-,27-. The number of benzene rings is 2. The molecule has 1 saturated heterocycles. The van der Waals surface area contributed by atoms with Crippen molar-refractivity contribution in [2.75, 3.05) is 20.3 Å². The van der Waals surface area contributed by atoms with Gasteiger partial charge in [-0.15, -0.1) is 0 Å². The van der Waals surface area contributed by atoms with Crippen LogP contribution in [0, 0.1) is 17.0 Å². The number of carboxylic acid groups (broad SMARTS) is 1. The van der Waals surface area contributed by atoms with E-state index in [2.05, 4.69) is 10.2 Å². The number of H-pyrrole nitrogens is 1. The van der Waals surface area contributed by atoms with E-state index in [-0.39, 0.29) is 17.6 Å². The predicted octanol–water partition coefficient (Wildman–Crippen LogP) is 5.66. The van der Waals surface area contributed by atoms with E-state index < -0.39 is 23.0 Å². The van der Waals surface area contributed by atoms with E-state index in [9.17, 15) is 14.3 Å². The van der Waals surface area contributed by atoms with E-state index in [1.165, 1.54) is 13.2 Å². The van der Waals surface area contributed by atoms with Crippen LogP contribution >= 0.6 is 0 Å². The lowest BCUT2D eigenvalue weighted by Gasteiger charge is -2.43. The highest BCUT2D eigenvalue weighted by atomic mass is 19.1. The van der Waals surface area contributed by atoms with Gasteiger partial charge < -0.3 is 19.1 Å². The third-order valence-electron chi connectivity index (χ3n) is 8.00. The molecular weight excluding hydrogens is 468 g/mol. The number of hydrogen-bond acceptors (Lipinski definition) is 4. The fourth-order valence-corrected chi connectivity index (χ4v) is 6.11. The first-order valence-corrected chi connectivity index (χ1v) is 12.2. The van der Waals surface area contributed by atoms with Gasteiger partial charge in [-0.05, 0) is 62.3 Å². The summed E-state index contributed by atoms with van der Waals surface area (Å²) in [5.74, 6) is -1.67. The van der Waals surface area contributed by atoms with Crippen LogP contribution in [0.25, 0.3) is 27.5 Å². The minimum atomic E-state index is -0.848. The number of rotatable bonds is 5. The van der Waals surface area contributed by atoms with Gasteiger partial charge in [0.15, 0.2) is 17.4 Å². The monoisotopic (exact) mass is 495 g/mol. The van der Waals surface area contributed by atoms with Crippen molar-refractivity contribution < 1.29 is 28.2 Å². The molecule has 1 aliphatic heterocycles. The molecule has 7 nitrogen and oxygen atoms in total. The Kier molecular flexibility index (Phi) is 5.29. The molecule has 9 heteroatoms. The minimum Gasteiger partial charge on any atom is -0.494 e. The molecule has 6 rings (SSSR count). The molecule has 1 aliphatic carbocycles. The first-order chi connectivity index (χ1) is 17.3. The zero-order chi connectivity index (χ0) is 25.2. The number of carbonyl (C=O) groups is 1. The van der Waals surface area contributed by atoms with Gasteiger partial charge in [-0.3, -0.25) is 9.89 Å². The Labute approximate surface area is 206 Å². The van der Waals surface area contributed by atoms with Crippen LogP contribution in [-0.2, 0) is 9.53 Å². The zero-order valence-corrected chi connectivity index (χ0v) is 20.1. The van der Waals surface area contributed by atoms with Gasteiger partial charge in [0.25, 0.3) is 0 Å². The van der Waals surface area contributed by atoms with Gasteiger partial charge >= 0.3 is 5.97 Å². The third kappa shape index (κ3) is 3.32. The Hall–Kier alpha value is -3.46. The molecule has 1 saturated carbocycles. The molecule has 0 spiro atoms. The Morgan fingerprint density at radius 3 is 2.67 bits per heavy atom. The largest absolute Gasteiger partial charge is 0.494 e. The van der Waals surface area contributed by atoms with Crippen molar-refractivity contribution in [2.45, 2.75) is 44.4 Å². The van der Waals surface area contributed by atoms with Crippen LogP contribution in [0.5, 0.6) is 5.75 Å². The second kappa shape index (κ2) is 8.30. The summed E-state index contributed by atoms with van der Waals surface area (Å²) in [5, 5.41) is 17.7. The quantitative estimate of drug-likeness (QED) is 0.373. The summed E-state index contributed by atoms with van der Waals surface area (Å²) in [4.78, 5) is 11.9. The van der Waals surface area contributed by atoms with E-state index in [1.54, 1.807) is 25.3 Å². The third-order valence-corrected chi connectivity index (χ3v) is 8.00. The van der Waals surface area contributed by atoms with E-state index in [0.29, 0.717) is 53.5 Å². The number of nitrogens with one attached hydrogen (secondary N) is 1. The number of aromatic amines is 1. The summed E-state index contributed by atoms with van der Waals surface area (Å²) in [5.41, 5.74) is 2.56. The normalized spacial score (nSPS) is 22.7. The molecule has 0 unspecified atom stereocenters. The Balaban J connectivity index is 1.68. The number of fused-ring (bicyclic) bond motifs is 2. The molecule has 2 aliphatic rings. The van der Waals surface area contributed by atoms with Crippen LogP contribution in [0.3, 0.4) is 0 Å². The number of methoxy groups -OCH3 is 1. The molecule has 2 N–H and O–H groups in total. The average molecular weight is 496 g/mol. The molecule has 2 fully saturated rings. The molecule has 4 aromatic rings. The second-order valence-electron chi connectivity index (χ2n) is 10.2. The van der Waals surface area contributed by atoms with Crippen LogP contribution in [0.1, 0.15) is 55.7 Å². The van der Waals surface area contributed by atoms with Crippen molar-refractivity contribution in [3.8, 4) is 11.4 Å². The highest BCUT2D eigenvalue weighted by Crippen LogP contribution is 2.56. The molecule has 0 bridgehead atoms. The fraction of sp³-hybridized carbons (Fsp3) is 0.407. The zero-order valence-electron chi connectivity index (χ0n) is 20.1. The highest BCUT2D eigenvalue weighted by molar-refractivity contribution is 6.00. The maximum atomic E-state index is 16.2. The van der Waals surface area contributed by atoms with Gasteiger partial charge in [-0.25, -0.2) is 8.78 Å². The highest BCUT2D eigenvalue weighted by Gasteiger charge is 2.49. The number of ether oxygens (including phenoxy) is 2. The van der Waals surface area contributed by atoms with E-state index in [1.807, 2.05) is 10.6 Å². The number of aromatic nitrogens is 3. The van der Waals surface area contributed by atoms with Crippen LogP contribution in [0.2, 0.25) is 0 Å². The summed E-state index contributed by atoms with van der Waals surface area (Å²) in [6.07, 6.45) is 3.94. The number of carboxylic acids is 1. The van der Waals surface area contributed by atoms with E-state index >= 15 is 4.39 Å². The lowest BCUT2D eigenvalue weighted by Crippen LogP contribution is -2.40. The summed E-state index contributed by atoms with van der Waals surface area (Å²) >= 11 is 0. The smallest absolute Gasteiger partial charge is 0.309 e. The first-order valence-electron chi connectivity index (χ1n) is 12.2. The van der Waals surface area contributed by atoms with Crippen molar-refractivity contribution in [1.29, 1.82) is 0 Å². The van der Waals surface area contributed by atoms with Gasteiger partial charge in [-0.1, -0.05) is 0 Å². The van der Waals surface area contributed by atoms with Crippen molar-refractivity contribution in [3.05, 3.63) is 53.4 Å². The molecule has 0 amide bonds. The molecule has 0 atom stereocenters. The van der Waals surface area contributed by atoms with Gasteiger partial charge in [-0.2, -0.15) is 5.10 Å². The summed E-state index contributed by atoms with van der Waals surface area (Å²) in [6, 6.07) is 6.55. The molecule has 36 heavy (non-hydrogen) atoms. The summed E-state index contributed by atoms with van der Waals surface area (Å²) in [6.45, 7) is 2.92. The van der Waals surface area contributed by atoms with Gasteiger partial charge in [0.2, 0.25) is 0 Å². The predicted molar refractivity (Wildman–Crippen MR) is 130 cm³/mol. The van der Waals surface area contributed by atoms with Crippen molar-refractivity contribution >= 4 is 27.8 Å². The molecular formula is C27H27F2N3O4. The maximum Gasteiger partial charge on any atom is 0.309 e. The average Bonchev–Trinajstić information content (AvgIpc) is 3.46. The van der Waals surface area contributed by atoms with Crippen molar-refractivity contribution in [2.24, 2.45) is 5.41 Å². The SMILES string of the molecule is COc1cc(-n2c(C3CCOCC3)c([C@H]3C[C@](C)(C(=O)O)C3)c3c(F)c4[nH]ncc4cc32)ccc1F.